The van der Waals surface area contributed by atoms with Gasteiger partial charge in [0.15, 0.2) is 17.4 Å². The molecule has 2 fully saturated rings. The average molecular weight is 443 g/mol. The first-order chi connectivity index (χ1) is 16.1. The molecular formula is C24H26N8O. The van der Waals surface area contributed by atoms with Crippen LogP contribution in [-0.2, 0) is 11.2 Å². The van der Waals surface area contributed by atoms with Crippen LogP contribution in [0.3, 0.4) is 0 Å². The lowest BCUT2D eigenvalue weighted by Crippen LogP contribution is -2.50. The smallest absolute Gasteiger partial charge is 0.246 e. The molecule has 6 rings (SSSR count). The van der Waals surface area contributed by atoms with Crippen molar-refractivity contribution in [3.8, 4) is 0 Å². The first-order valence-electron chi connectivity index (χ1n) is 11.5. The lowest BCUT2D eigenvalue weighted by molar-refractivity contribution is -0.122. The van der Waals surface area contributed by atoms with Crippen molar-refractivity contribution in [2.24, 2.45) is 0 Å². The molecule has 168 valence electrons. The first kappa shape index (κ1) is 19.9. The van der Waals surface area contributed by atoms with Crippen molar-refractivity contribution in [1.82, 2.24) is 29.8 Å². The highest BCUT2D eigenvalue weighted by Crippen LogP contribution is 2.40. The van der Waals surface area contributed by atoms with Crippen LogP contribution in [0.2, 0.25) is 0 Å². The number of anilines is 3. The SMILES string of the molecule is C[C@@]1(C(=O)Cc2ccccn2)CCCN1c1nc(Nc2cc(C3CC3)[nH]n2)c2cccn2n1. The maximum absolute atomic E-state index is 13.4. The normalized spacial score (nSPS) is 20.5. The number of nitrogens with zero attached hydrogens (tertiary/aromatic N) is 6. The van der Waals surface area contributed by atoms with Gasteiger partial charge in [-0.2, -0.15) is 10.1 Å². The number of hydrogen-bond acceptors (Lipinski definition) is 7. The fraction of sp³-hybridized carbons (Fsp3) is 0.375. The molecule has 0 unspecified atom stereocenters. The van der Waals surface area contributed by atoms with Gasteiger partial charge in [-0.3, -0.25) is 14.9 Å². The Bertz CT molecular complexity index is 1310. The molecule has 0 aromatic carbocycles. The molecule has 0 radical (unpaired) electrons. The molecule has 0 amide bonds. The highest BCUT2D eigenvalue weighted by atomic mass is 16.1. The number of hydrogen-bond donors (Lipinski definition) is 2. The Morgan fingerprint density at radius 2 is 2.18 bits per heavy atom. The predicted molar refractivity (Wildman–Crippen MR) is 125 cm³/mol. The van der Waals surface area contributed by atoms with Crippen LogP contribution in [0.5, 0.6) is 0 Å². The van der Waals surface area contributed by atoms with Gasteiger partial charge in [0.2, 0.25) is 5.95 Å². The third-order valence-corrected chi connectivity index (χ3v) is 6.79. The number of rotatable bonds is 7. The lowest BCUT2D eigenvalue weighted by atomic mass is 9.90. The van der Waals surface area contributed by atoms with Crippen molar-refractivity contribution in [1.29, 1.82) is 0 Å². The summed E-state index contributed by atoms with van der Waals surface area (Å²) >= 11 is 0. The van der Waals surface area contributed by atoms with E-state index in [1.807, 2.05) is 48.4 Å². The zero-order valence-electron chi connectivity index (χ0n) is 18.5. The molecule has 1 aliphatic heterocycles. The Labute approximate surface area is 191 Å². The monoisotopic (exact) mass is 442 g/mol. The molecule has 5 heterocycles. The molecule has 2 N–H and O–H groups in total. The van der Waals surface area contributed by atoms with Crippen LogP contribution in [0, 0.1) is 0 Å². The van der Waals surface area contributed by atoms with Crippen LogP contribution >= 0.6 is 0 Å². The van der Waals surface area contributed by atoms with Gasteiger partial charge in [-0.1, -0.05) is 6.07 Å². The summed E-state index contributed by atoms with van der Waals surface area (Å²) in [6.45, 7) is 2.72. The number of carbonyl (C=O) groups excluding carboxylic acids is 1. The number of ketones is 1. The van der Waals surface area contributed by atoms with E-state index in [1.165, 1.54) is 12.8 Å². The second kappa shape index (κ2) is 7.68. The Morgan fingerprint density at radius 1 is 1.27 bits per heavy atom. The van der Waals surface area contributed by atoms with Gasteiger partial charge in [0.1, 0.15) is 5.52 Å². The van der Waals surface area contributed by atoms with Gasteiger partial charge in [-0.25, -0.2) is 4.52 Å². The molecule has 9 nitrogen and oxygen atoms in total. The standard InChI is InChI=1S/C24H26N8O/c1-24(20(33)14-17-6-2-3-11-25-17)10-5-12-31(24)23-27-22(19-7-4-13-32(19)30-23)26-21-15-18(28-29-21)16-8-9-16/h2-4,6-7,11,13,15-16H,5,8-10,12,14H2,1H3,(H2,26,27,28,29,30)/t24-/m0/s1. The summed E-state index contributed by atoms with van der Waals surface area (Å²) in [4.78, 5) is 24.7. The molecule has 4 aromatic heterocycles. The highest BCUT2D eigenvalue weighted by molar-refractivity contribution is 5.93. The van der Waals surface area contributed by atoms with Crippen LogP contribution in [0.15, 0.2) is 48.8 Å². The van der Waals surface area contributed by atoms with Gasteiger partial charge in [-0.05, 0) is 56.9 Å². The van der Waals surface area contributed by atoms with Crippen molar-refractivity contribution in [2.75, 3.05) is 16.8 Å². The quantitative estimate of drug-likeness (QED) is 0.450. The summed E-state index contributed by atoms with van der Waals surface area (Å²) in [6.07, 6.45) is 8.01. The third kappa shape index (κ3) is 3.63. The summed E-state index contributed by atoms with van der Waals surface area (Å²) in [5.41, 5.74) is 2.12. The predicted octanol–water partition coefficient (Wildman–Crippen LogP) is 3.64. The van der Waals surface area contributed by atoms with Gasteiger partial charge >= 0.3 is 0 Å². The largest absolute Gasteiger partial charge is 0.327 e. The van der Waals surface area contributed by atoms with E-state index in [9.17, 15) is 4.79 Å². The van der Waals surface area contributed by atoms with Crippen molar-refractivity contribution in [3.05, 3.63) is 60.2 Å². The first-order valence-corrected chi connectivity index (χ1v) is 11.5. The molecule has 1 atom stereocenters. The topological polar surface area (TPSA) is 104 Å². The molecule has 1 saturated carbocycles. The number of aromatic amines is 1. The second-order valence-electron chi connectivity index (χ2n) is 9.16. The molecule has 0 bridgehead atoms. The summed E-state index contributed by atoms with van der Waals surface area (Å²) in [7, 11) is 0. The maximum Gasteiger partial charge on any atom is 0.246 e. The van der Waals surface area contributed by atoms with E-state index < -0.39 is 5.54 Å². The third-order valence-electron chi connectivity index (χ3n) is 6.79. The van der Waals surface area contributed by atoms with E-state index in [-0.39, 0.29) is 5.78 Å². The van der Waals surface area contributed by atoms with Crippen LogP contribution in [-0.4, -0.2) is 47.6 Å². The minimum atomic E-state index is -0.679. The number of aromatic nitrogens is 6. The van der Waals surface area contributed by atoms with E-state index in [1.54, 1.807) is 10.7 Å². The van der Waals surface area contributed by atoms with Crippen molar-refractivity contribution in [3.63, 3.8) is 0 Å². The fourth-order valence-electron chi connectivity index (χ4n) is 4.69. The molecule has 1 aliphatic carbocycles. The zero-order valence-corrected chi connectivity index (χ0v) is 18.5. The molecule has 33 heavy (non-hydrogen) atoms. The van der Waals surface area contributed by atoms with Crippen molar-refractivity contribution >= 4 is 28.9 Å². The Morgan fingerprint density at radius 3 is 3.00 bits per heavy atom. The second-order valence-corrected chi connectivity index (χ2v) is 9.16. The Kier molecular flexibility index (Phi) is 4.63. The molecule has 2 aliphatic rings. The fourth-order valence-corrected chi connectivity index (χ4v) is 4.69. The van der Waals surface area contributed by atoms with E-state index in [0.29, 0.717) is 24.1 Å². The van der Waals surface area contributed by atoms with E-state index in [0.717, 1.165) is 42.1 Å². The summed E-state index contributed by atoms with van der Waals surface area (Å²) < 4.78 is 1.81. The number of nitrogens with one attached hydrogen (secondary N) is 2. The van der Waals surface area contributed by atoms with E-state index >= 15 is 0 Å². The summed E-state index contributed by atoms with van der Waals surface area (Å²) in [6, 6.07) is 11.6. The minimum Gasteiger partial charge on any atom is -0.327 e. The molecule has 0 spiro atoms. The Hall–Kier alpha value is -3.75. The van der Waals surface area contributed by atoms with Crippen molar-refractivity contribution < 1.29 is 4.79 Å². The number of Topliss-reactive ketones (excluding diaryl/α,β-unsaturated/α-hetero) is 1. The van der Waals surface area contributed by atoms with Gasteiger partial charge in [0.25, 0.3) is 0 Å². The highest BCUT2D eigenvalue weighted by Gasteiger charge is 2.44. The summed E-state index contributed by atoms with van der Waals surface area (Å²) in [5.74, 6) is 2.67. The van der Waals surface area contributed by atoms with E-state index in [2.05, 4.69) is 26.6 Å². The minimum absolute atomic E-state index is 0.130. The van der Waals surface area contributed by atoms with Gasteiger partial charge in [0.05, 0.1) is 12.0 Å². The number of carbonyl (C=O) groups is 1. The molecule has 4 aromatic rings. The number of H-pyrrole nitrogens is 1. The summed E-state index contributed by atoms with van der Waals surface area (Å²) in [5, 5.41) is 15.6. The van der Waals surface area contributed by atoms with Crippen molar-refractivity contribution in [2.45, 2.75) is 50.5 Å². The van der Waals surface area contributed by atoms with Gasteiger partial charge in [0, 0.05) is 42.3 Å². The number of fused-ring (bicyclic) bond motifs is 1. The average Bonchev–Trinajstić information content (AvgIpc) is 3.20. The van der Waals surface area contributed by atoms with E-state index in [4.69, 9.17) is 10.1 Å². The molecular weight excluding hydrogens is 416 g/mol. The maximum atomic E-state index is 13.4. The lowest BCUT2D eigenvalue weighted by Gasteiger charge is -2.34. The Balaban J connectivity index is 1.32. The number of pyridine rings is 1. The van der Waals surface area contributed by atoms with Crippen LogP contribution in [0.25, 0.3) is 5.52 Å². The van der Waals surface area contributed by atoms with Crippen LogP contribution in [0.1, 0.15) is 49.9 Å². The van der Waals surface area contributed by atoms with Crippen LogP contribution in [0.4, 0.5) is 17.6 Å². The van der Waals surface area contributed by atoms with Crippen LogP contribution < -0.4 is 10.2 Å². The van der Waals surface area contributed by atoms with Gasteiger partial charge in [-0.15, -0.1) is 5.10 Å². The van der Waals surface area contributed by atoms with Gasteiger partial charge < -0.3 is 10.2 Å². The molecule has 9 heteroatoms. The zero-order chi connectivity index (χ0) is 22.4. The molecule has 1 saturated heterocycles.